The molecule has 10 heteroatoms. The minimum atomic E-state index is -0.525. The van der Waals surface area contributed by atoms with Gasteiger partial charge in [0.1, 0.15) is 17.2 Å². The highest BCUT2D eigenvalue weighted by Crippen LogP contribution is 2.35. The van der Waals surface area contributed by atoms with Gasteiger partial charge in [0, 0.05) is 11.1 Å². The van der Waals surface area contributed by atoms with Gasteiger partial charge in [-0.3, -0.25) is 0 Å². The molecule has 1 aliphatic rings. The van der Waals surface area contributed by atoms with Crippen LogP contribution >= 0.6 is 0 Å². The molecule has 0 amide bonds. The van der Waals surface area contributed by atoms with E-state index in [1.54, 1.807) is 48.5 Å². The van der Waals surface area contributed by atoms with Gasteiger partial charge in [-0.15, -0.1) is 0 Å². The van der Waals surface area contributed by atoms with Crippen LogP contribution < -0.4 is 19.5 Å². The maximum absolute atomic E-state index is 13.2. The quantitative estimate of drug-likeness (QED) is 0.0332. The summed E-state index contributed by atoms with van der Waals surface area (Å²) in [7, 11) is 0. The first-order valence-electron chi connectivity index (χ1n) is 23.8. The fraction of sp³-hybridized carbons (Fsp3) is 0.333. The maximum atomic E-state index is 13.2. The zero-order chi connectivity index (χ0) is 47.1. The first-order valence-corrected chi connectivity index (χ1v) is 23.8. The summed E-state index contributed by atoms with van der Waals surface area (Å²) in [5.74, 6) is 0.650. The summed E-state index contributed by atoms with van der Waals surface area (Å²) in [6.45, 7) is 11.7. The molecule has 0 bridgehead atoms. The van der Waals surface area contributed by atoms with Crippen molar-refractivity contribution in [3.63, 3.8) is 0 Å². The molecule has 0 aliphatic carbocycles. The second-order valence-electron chi connectivity index (χ2n) is 18.6. The third-order valence-corrected chi connectivity index (χ3v) is 11.6. The number of hydrogen-bond donors (Lipinski definition) is 1. The van der Waals surface area contributed by atoms with Crippen LogP contribution in [-0.2, 0) is 0 Å². The number of benzene rings is 6. The van der Waals surface area contributed by atoms with E-state index in [4.69, 9.17) is 14.2 Å². The van der Waals surface area contributed by atoms with E-state index in [0.717, 1.165) is 47.2 Å². The molecule has 0 radical (unpaired) electrons. The molecule has 0 atom stereocenters. The molecule has 0 spiro atoms. The number of esters is 2. The summed E-state index contributed by atoms with van der Waals surface area (Å²) in [6, 6.07) is 39.9. The third-order valence-electron chi connectivity index (χ3n) is 11.6. The molecule has 1 aliphatic heterocycles. The molecular weight excluding hydrogens is 835 g/mol. The Kier molecular flexibility index (Phi) is 16.6. The maximum Gasteiger partial charge on any atom is 0.343 e. The lowest BCUT2D eigenvalue weighted by Gasteiger charge is -2.41. The molecule has 0 saturated heterocycles. The lowest BCUT2D eigenvalue weighted by molar-refractivity contribution is 0.0724. The molecule has 10 nitrogen and oxygen atoms in total. The van der Waals surface area contributed by atoms with Crippen molar-refractivity contribution < 1.29 is 23.8 Å². The number of nitrogens with zero attached hydrogens (tertiary/aromatic N) is 4. The summed E-state index contributed by atoms with van der Waals surface area (Å²) in [6.07, 6.45) is 16.2. The molecule has 0 saturated carbocycles. The number of azo groups is 2. The Morgan fingerprint density at radius 1 is 0.507 bits per heavy atom. The highest BCUT2D eigenvalue weighted by Gasteiger charge is 2.32. The standard InChI is InChI=1S/C57H63N5O5/c1-6-7-8-9-10-11-12-13-14-15-36-65-51-34-29-50(30-35-51)61-60-49-27-25-48(26-28-49)59-58-47-23-18-43(19-24-47)54(63)67-53-33-22-41-16-17-44(37-45(41)38-53)55(64)66-52-31-20-42(21-32-52)46-39-56(2,3)62-57(4,5)40-46/h16-35,37-39,62H,6-15,36,40H2,1-5H3. The van der Waals surface area contributed by atoms with E-state index in [9.17, 15) is 9.59 Å². The van der Waals surface area contributed by atoms with Crippen LogP contribution in [0.2, 0.25) is 0 Å². The number of hydrogen-bond acceptors (Lipinski definition) is 10. The fourth-order valence-electron chi connectivity index (χ4n) is 8.45. The zero-order valence-electron chi connectivity index (χ0n) is 39.6. The summed E-state index contributed by atoms with van der Waals surface area (Å²) in [5, 5.41) is 22.7. The van der Waals surface area contributed by atoms with E-state index in [-0.39, 0.29) is 11.1 Å². The van der Waals surface area contributed by atoms with Gasteiger partial charge in [-0.1, -0.05) is 95.1 Å². The average molecular weight is 898 g/mol. The number of unbranched alkanes of at least 4 members (excludes halogenated alkanes) is 9. The molecule has 1 heterocycles. The van der Waals surface area contributed by atoms with Crippen molar-refractivity contribution in [2.75, 3.05) is 6.61 Å². The summed E-state index contributed by atoms with van der Waals surface area (Å²) >= 11 is 0. The first kappa shape index (κ1) is 48.2. The minimum Gasteiger partial charge on any atom is -0.494 e. The Hall–Kier alpha value is -6.78. The SMILES string of the molecule is CCCCCCCCCCCCOc1ccc(N=Nc2ccc(N=Nc3ccc(C(=O)Oc4ccc5ccc(C(=O)Oc6ccc(C7=CC(C)(C)NC(C)(C)C7)cc6)cc5c4)cc3)cc2)cc1. The summed E-state index contributed by atoms with van der Waals surface area (Å²) in [5.41, 5.74) is 5.59. The van der Waals surface area contributed by atoms with Crippen molar-refractivity contribution in [2.24, 2.45) is 20.5 Å². The molecule has 0 aromatic heterocycles. The molecule has 346 valence electrons. The molecule has 7 rings (SSSR count). The topological polar surface area (TPSA) is 123 Å². The van der Waals surface area contributed by atoms with Gasteiger partial charge >= 0.3 is 11.9 Å². The smallest absolute Gasteiger partial charge is 0.343 e. The highest BCUT2D eigenvalue weighted by molar-refractivity contribution is 5.97. The Bertz CT molecular complexity index is 2670. The molecular formula is C57H63N5O5. The van der Waals surface area contributed by atoms with Gasteiger partial charge in [0.05, 0.1) is 40.5 Å². The number of fused-ring (bicyclic) bond motifs is 1. The number of carbonyl (C=O) groups is 2. The molecule has 0 fully saturated rings. The Balaban J connectivity index is 0.847. The van der Waals surface area contributed by atoms with E-state index >= 15 is 0 Å². The van der Waals surface area contributed by atoms with E-state index in [1.165, 1.54) is 63.4 Å². The Morgan fingerprint density at radius 2 is 0.970 bits per heavy atom. The van der Waals surface area contributed by atoms with E-state index in [0.29, 0.717) is 39.7 Å². The van der Waals surface area contributed by atoms with Crippen molar-refractivity contribution in [1.82, 2.24) is 5.32 Å². The van der Waals surface area contributed by atoms with Crippen LogP contribution in [0.1, 0.15) is 132 Å². The van der Waals surface area contributed by atoms with Crippen molar-refractivity contribution in [2.45, 2.75) is 116 Å². The number of ether oxygens (including phenoxy) is 3. The second-order valence-corrected chi connectivity index (χ2v) is 18.6. The average Bonchev–Trinajstić information content (AvgIpc) is 3.32. The number of nitrogens with one attached hydrogen (secondary N) is 1. The molecule has 67 heavy (non-hydrogen) atoms. The van der Waals surface area contributed by atoms with Crippen LogP contribution in [-0.4, -0.2) is 29.6 Å². The fourth-order valence-corrected chi connectivity index (χ4v) is 8.45. The minimum absolute atomic E-state index is 0.0316. The van der Waals surface area contributed by atoms with Gasteiger partial charge in [-0.2, -0.15) is 20.5 Å². The first-order chi connectivity index (χ1) is 32.4. The van der Waals surface area contributed by atoms with Crippen molar-refractivity contribution in [3.8, 4) is 17.2 Å². The summed E-state index contributed by atoms with van der Waals surface area (Å²) in [4.78, 5) is 26.3. The van der Waals surface area contributed by atoms with Crippen LogP contribution in [0, 0.1) is 0 Å². The van der Waals surface area contributed by atoms with Gasteiger partial charge in [0.2, 0.25) is 0 Å². The lowest BCUT2D eigenvalue weighted by Crippen LogP contribution is -2.53. The van der Waals surface area contributed by atoms with Crippen molar-refractivity contribution in [1.29, 1.82) is 0 Å². The zero-order valence-corrected chi connectivity index (χ0v) is 39.6. The van der Waals surface area contributed by atoms with Gasteiger partial charge in [0.25, 0.3) is 0 Å². The van der Waals surface area contributed by atoms with Gasteiger partial charge < -0.3 is 19.5 Å². The molecule has 6 aromatic rings. The number of carbonyl (C=O) groups excluding carboxylic acids is 2. The third kappa shape index (κ3) is 14.9. The van der Waals surface area contributed by atoms with Crippen LogP contribution in [0.15, 0.2) is 160 Å². The van der Waals surface area contributed by atoms with Crippen LogP contribution in [0.4, 0.5) is 22.7 Å². The van der Waals surface area contributed by atoms with Crippen LogP contribution in [0.5, 0.6) is 17.2 Å². The van der Waals surface area contributed by atoms with Crippen molar-refractivity contribution >= 4 is 51.0 Å². The monoisotopic (exact) mass is 897 g/mol. The van der Waals surface area contributed by atoms with Gasteiger partial charge in [-0.25, -0.2) is 9.59 Å². The summed E-state index contributed by atoms with van der Waals surface area (Å²) < 4.78 is 17.4. The normalized spacial score (nSPS) is 14.3. The van der Waals surface area contributed by atoms with Crippen molar-refractivity contribution in [3.05, 3.63) is 156 Å². The second kappa shape index (κ2) is 23.1. The lowest BCUT2D eigenvalue weighted by atomic mass is 9.81. The van der Waals surface area contributed by atoms with E-state index < -0.39 is 11.9 Å². The van der Waals surface area contributed by atoms with Gasteiger partial charge in [-0.05, 0) is 172 Å². The van der Waals surface area contributed by atoms with E-state index in [2.05, 4.69) is 66.5 Å². The predicted octanol–water partition coefficient (Wildman–Crippen LogP) is 16.3. The Morgan fingerprint density at radius 3 is 1.55 bits per heavy atom. The predicted molar refractivity (Wildman–Crippen MR) is 269 cm³/mol. The number of rotatable bonds is 21. The Labute approximate surface area is 395 Å². The molecule has 1 N–H and O–H groups in total. The van der Waals surface area contributed by atoms with Gasteiger partial charge in [0.15, 0.2) is 0 Å². The van der Waals surface area contributed by atoms with Crippen LogP contribution in [0.25, 0.3) is 16.3 Å². The highest BCUT2D eigenvalue weighted by atomic mass is 16.5. The largest absolute Gasteiger partial charge is 0.494 e. The van der Waals surface area contributed by atoms with E-state index in [1.807, 2.05) is 84.9 Å². The molecule has 0 unspecified atom stereocenters. The van der Waals surface area contributed by atoms with Crippen LogP contribution in [0.3, 0.4) is 0 Å². The molecule has 6 aromatic carbocycles.